The Hall–Kier alpha value is -2.62. The van der Waals surface area contributed by atoms with Gasteiger partial charge >= 0.3 is 0 Å². The van der Waals surface area contributed by atoms with Crippen LogP contribution in [0.25, 0.3) is 0 Å². The third-order valence-electron chi connectivity index (χ3n) is 2.44. The van der Waals surface area contributed by atoms with Gasteiger partial charge in [0.2, 0.25) is 11.8 Å². The molecule has 0 fully saturated rings. The highest BCUT2D eigenvalue weighted by molar-refractivity contribution is 5.76. The van der Waals surface area contributed by atoms with Crippen LogP contribution in [-0.4, -0.2) is 11.8 Å². The van der Waals surface area contributed by atoms with Crippen molar-refractivity contribution in [2.75, 3.05) is 0 Å². The lowest BCUT2D eigenvalue weighted by molar-refractivity contribution is -0.118. The average Bonchev–Trinajstić information content (AvgIpc) is 2.40. The third kappa shape index (κ3) is 6.96. The number of nitrogens with two attached hydrogens (primary N) is 2. The predicted octanol–water partition coefficient (Wildman–Crippen LogP) is 1.43. The van der Waals surface area contributed by atoms with E-state index >= 15 is 0 Å². The first-order valence-corrected chi connectivity index (χ1v) is 6.22. The molecule has 0 spiro atoms. The molecule has 0 radical (unpaired) electrons. The van der Waals surface area contributed by atoms with Crippen LogP contribution in [0.3, 0.4) is 0 Å². The standard InChI is InChI=1S/2C8H9NO/c2*9-8(10)6-7-4-2-1-3-5-7/h2*1-5H,6H2,(H2,9,10). The fourth-order valence-electron chi connectivity index (χ4n) is 1.59. The molecule has 0 aliphatic carbocycles. The van der Waals surface area contributed by atoms with Crippen LogP contribution in [0.2, 0.25) is 0 Å². The fourth-order valence-corrected chi connectivity index (χ4v) is 1.59. The van der Waals surface area contributed by atoms with E-state index in [1.807, 2.05) is 60.7 Å². The lowest BCUT2D eigenvalue weighted by Gasteiger charge is -1.93. The maximum absolute atomic E-state index is 10.4. The molecule has 2 rings (SSSR count). The maximum Gasteiger partial charge on any atom is 0.221 e. The Morgan fingerprint density at radius 1 is 0.650 bits per heavy atom. The first-order valence-electron chi connectivity index (χ1n) is 6.22. The molecule has 0 saturated heterocycles. The van der Waals surface area contributed by atoms with Crippen LogP contribution in [0.1, 0.15) is 11.1 Å². The molecule has 2 amide bonds. The molecular formula is C16H18N2O2. The molecule has 0 aromatic heterocycles. The van der Waals surface area contributed by atoms with Crippen LogP contribution in [0.5, 0.6) is 0 Å². The molecule has 2 aromatic carbocycles. The molecule has 104 valence electrons. The van der Waals surface area contributed by atoms with Crippen LogP contribution < -0.4 is 11.5 Å². The van der Waals surface area contributed by atoms with Gasteiger partial charge < -0.3 is 11.5 Å². The summed E-state index contributed by atoms with van der Waals surface area (Å²) in [7, 11) is 0. The van der Waals surface area contributed by atoms with E-state index in [9.17, 15) is 9.59 Å². The van der Waals surface area contributed by atoms with Gasteiger partial charge in [-0.1, -0.05) is 60.7 Å². The second kappa shape index (κ2) is 8.48. The number of primary amides is 2. The Morgan fingerprint density at radius 3 is 1.20 bits per heavy atom. The van der Waals surface area contributed by atoms with Crippen molar-refractivity contribution in [1.82, 2.24) is 0 Å². The zero-order chi connectivity index (χ0) is 14.8. The Morgan fingerprint density at radius 2 is 0.950 bits per heavy atom. The topological polar surface area (TPSA) is 86.2 Å². The number of carbonyl (C=O) groups excluding carboxylic acids is 2. The number of hydrogen-bond donors (Lipinski definition) is 2. The van der Waals surface area contributed by atoms with Gasteiger partial charge in [0.05, 0.1) is 12.8 Å². The molecule has 0 heterocycles. The molecule has 0 saturated carbocycles. The number of amides is 2. The van der Waals surface area contributed by atoms with Crippen LogP contribution >= 0.6 is 0 Å². The van der Waals surface area contributed by atoms with Crippen molar-refractivity contribution in [3.63, 3.8) is 0 Å². The zero-order valence-corrected chi connectivity index (χ0v) is 11.2. The third-order valence-corrected chi connectivity index (χ3v) is 2.44. The smallest absolute Gasteiger partial charge is 0.221 e. The SMILES string of the molecule is NC(=O)Cc1ccccc1.NC(=O)Cc1ccccc1. The van der Waals surface area contributed by atoms with Gasteiger partial charge in [0, 0.05) is 0 Å². The summed E-state index contributed by atoms with van der Waals surface area (Å²) < 4.78 is 0. The van der Waals surface area contributed by atoms with E-state index in [0.29, 0.717) is 12.8 Å². The van der Waals surface area contributed by atoms with Gasteiger partial charge in [0.1, 0.15) is 0 Å². The Balaban J connectivity index is 0.000000200. The summed E-state index contributed by atoms with van der Waals surface area (Å²) in [6.07, 6.45) is 0.668. The molecule has 0 atom stereocenters. The van der Waals surface area contributed by atoms with Crippen LogP contribution in [0, 0.1) is 0 Å². The summed E-state index contributed by atoms with van der Waals surface area (Å²) in [6.45, 7) is 0. The summed E-state index contributed by atoms with van der Waals surface area (Å²) in [4.78, 5) is 20.8. The summed E-state index contributed by atoms with van der Waals surface area (Å²) in [5.41, 5.74) is 11.9. The van der Waals surface area contributed by atoms with Crippen molar-refractivity contribution >= 4 is 11.8 Å². The van der Waals surface area contributed by atoms with E-state index in [1.54, 1.807) is 0 Å². The molecule has 0 aliphatic rings. The number of rotatable bonds is 4. The summed E-state index contributed by atoms with van der Waals surface area (Å²) in [6, 6.07) is 18.9. The average molecular weight is 270 g/mol. The van der Waals surface area contributed by atoms with E-state index in [1.165, 1.54) is 0 Å². The Bertz CT molecular complexity index is 487. The van der Waals surface area contributed by atoms with Crippen molar-refractivity contribution in [2.24, 2.45) is 11.5 Å². The van der Waals surface area contributed by atoms with Crippen molar-refractivity contribution in [3.8, 4) is 0 Å². The normalized spacial score (nSPS) is 9.20. The zero-order valence-electron chi connectivity index (χ0n) is 11.2. The largest absolute Gasteiger partial charge is 0.369 e. The van der Waals surface area contributed by atoms with Gasteiger partial charge in [-0.05, 0) is 11.1 Å². The minimum absolute atomic E-state index is 0.286. The first-order chi connectivity index (χ1) is 9.58. The second-order valence-corrected chi connectivity index (χ2v) is 4.26. The minimum atomic E-state index is -0.286. The molecule has 20 heavy (non-hydrogen) atoms. The van der Waals surface area contributed by atoms with Crippen LogP contribution in [-0.2, 0) is 22.4 Å². The number of carbonyl (C=O) groups is 2. The van der Waals surface area contributed by atoms with Crippen molar-refractivity contribution in [1.29, 1.82) is 0 Å². The number of benzene rings is 2. The van der Waals surface area contributed by atoms with Crippen LogP contribution in [0.15, 0.2) is 60.7 Å². The molecule has 0 bridgehead atoms. The summed E-state index contributed by atoms with van der Waals surface area (Å²) >= 11 is 0. The predicted molar refractivity (Wildman–Crippen MR) is 78.7 cm³/mol. The van der Waals surface area contributed by atoms with E-state index < -0.39 is 0 Å². The summed E-state index contributed by atoms with van der Waals surface area (Å²) in [5, 5.41) is 0. The first kappa shape index (κ1) is 15.4. The highest BCUT2D eigenvalue weighted by Crippen LogP contribution is 1.98. The van der Waals surface area contributed by atoms with Crippen molar-refractivity contribution < 1.29 is 9.59 Å². The molecule has 0 aliphatic heterocycles. The van der Waals surface area contributed by atoms with Gasteiger partial charge in [-0.3, -0.25) is 9.59 Å². The highest BCUT2D eigenvalue weighted by atomic mass is 16.1. The van der Waals surface area contributed by atoms with Gasteiger partial charge in [0.15, 0.2) is 0 Å². The van der Waals surface area contributed by atoms with E-state index in [-0.39, 0.29) is 11.8 Å². The second-order valence-electron chi connectivity index (χ2n) is 4.26. The quantitative estimate of drug-likeness (QED) is 0.880. The Labute approximate surface area is 118 Å². The highest BCUT2D eigenvalue weighted by Gasteiger charge is 1.95. The van der Waals surface area contributed by atoms with E-state index in [4.69, 9.17) is 11.5 Å². The van der Waals surface area contributed by atoms with Gasteiger partial charge in [0.25, 0.3) is 0 Å². The van der Waals surface area contributed by atoms with Gasteiger partial charge in [-0.25, -0.2) is 0 Å². The molecule has 0 unspecified atom stereocenters. The molecule has 4 nitrogen and oxygen atoms in total. The fraction of sp³-hybridized carbons (Fsp3) is 0.125. The molecule has 2 aromatic rings. The number of hydrogen-bond acceptors (Lipinski definition) is 2. The Kier molecular flexibility index (Phi) is 6.54. The summed E-state index contributed by atoms with van der Waals surface area (Å²) in [5.74, 6) is -0.572. The van der Waals surface area contributed by atoms with Crippen molar-refractivity contribution in [2.45, 2.75) is 12.8 Å². The minimum Gasteiger partial charge on any atom is -0.369 e. The maximum atomic E-state index is 10.4. The molecular weight excluding hydrogens is 252 g/mol. The van der Waals surface area contributed by atoms with Crippen molar-refractivity contribution in [3.05, 3.63) is 71.8 Å². The molecule has 4 N–H and O–H groups in total. The lowest BCUT2D eigenvalue weighted by atomic mass is 10.1. The molecule has 4 heteroatoms. The lowest BCUT2D eigenvalue weighted by Crippen LogP contribution is -2.13. The van der Waals surface area contributed by atoms with Crippen LogP contribution in [0.4, 0.5) is 0 Å². The monoisotopic (exact) mass is 270 g/mol. The van der Waals surface area contributed by atoms with Gasteiger partial charge in [-0.15, -0.1) is 0 Å². The van der Waals surface area contributed by atoms with Gasteiger partial charge in [-0.2, -0.15) is 0 Å². The van der Waals surface area contributed by atoms with E-state index in [0.717, 1.165) is 11.1 Å². The van der Waals surface area contributed by atoms with E-state index in [2.05, 4.69) is 0 Å².